The fraction of sp³-hybridized carbons (Fsp3) is 0.250. The quantitative estimate of drug-likeness (QED) is 0.338. The summed E-state index contributed by atoms with van der Waals surface area (Å²) in [5.41, 5.74) is 22.2. The Balaban J connectivity index is 2.13. The van der Waals surface area contributed by atoms with Gasteiger partial charge in [0.2, 0.25) is 0 Å². The number of nitrogens with zero attached hydrogens (tertiary/aromatic N) is 1. The largest absolute Gasteiger partial charge is 0.355 e. The highest BCUT2D eigenvalue weighted by molar-refractivity contribution is 5.99. The van der Waals surface area contributed by atoms with Gasteiger partial charge in [0.25, 0.3) is 5.91 Å². The van der Waals surface area contributed by atoms with Crippen LogP contribution in [0, 0.1) is 0 Å². The lowest BCUT2D eigenvalue weighted by molar-refractivity contribution is 0.0961. The molecule has 0 fully saturated rings. The zero-order valence-corrected chi connectivity index (χ0v) is 16.2. The van der Waals surface area contributed by atoms with Crippen LogP contribution in [-0.4, -0.2) is 37.7 Å². The maximum absolute atomic E-state index is 11.9. The molecule has 0 aliphatic carbocycles. The third kappa shape index (κ3) is 3.83. The van der Waals surface area contributed by atoms with Crippen LogP contribution in [0.1, 0.15) is 38.3 Å². The molecule has 0 saturated heterocycles. The third-order valence-electron chi connectivity index (χ3n) is 5.08. The van der Waals surface area contributed by atoms with E-state index in [4.69, 9.17) is 11.5 Å². The van der Waals surface area contributed by atoms with Gasteiger partial charge in [-0.2, -0.15) is 0 Å². The van der Waals surface area contributed by atoms with Crippen LogP contribution >= 0.6 is 0 Å². The molecule has 1 atom stereocenters. The molecule has 0 spiro atoms. The molecule has 9 heteroatoms. The van der Waals surface area contributed by atoms with E-state index in [1.807, 2.05) is 24.3 Å². The summed E-state index contributed by atoms with van der Waals surface area (Å²) in [6.07, 6.45) is 0.547. The van der Waals surface area contributed by atoms with Crippen molar-refractivity contribution in [3.05, 3.63) is 70.8 Å². The number of hydrogen-bond acceptors (Lipinski definition) is 8. The number of hydrogen-bond donors (Lipinski definition) is 6. The Bertz CT molecular complexity index is 848. The minimum atomic E-state index is -0.712. The number of nitrogens with one attached hydrogen (secondary N) is 4. The number of hydrazone groups is 1. The van der Waals surface area contributed by atoms with Crippen molar-refractivity contribution in [2.75, 3.05) is 20.1 Å². The summed E-state index contributed by atoms with van der Waals surface area (Å²) >= 11 is 0. The van der Waals surface area contributed by atoms with Crippen molar-refractivity contribution in [1.82, 2.24) is 21.8 Å². The molecule has 1 aliphatic heterocycles. The normalized spacial score (nSPS) is 14.9. The fourth-order valence-corrected chi connectivity index (χ4v) is 3.57. The molecule has 29 heavy (non-hydrogen) atoms. The van der Waals surface area contributed by atoms with Crippen molar-refractivity contribution in [2.24, 2.45) is 16.6 Å². The van der Waals surface area contributed by atoms with E-state index >= 15 is 0 Å². The van der Waals surface area contributed by atoms with Crippen LogP contribution in [-0.2, 0) is 5.41 Å². The van der Waals surface area contributed by atoms with Gasteiger partial charge < -0.3 is 16.8 Å². The lowest BCUT2D eigenvalue weighted by Crippen LogP contribution is -2.48. The van der Waals surface area contributed by atoms with Gasteiger partial charge in [0.05, 0.1) is 12.0 Å². The highest BCUT2D eigenvalue weighted by Gasteiger charge is 2.41. The third-order valence-corrected chi connectivity index (χ3v) is 5.08. The van der Waals surface area contributed by atoms with Gasteiger partial charge in [-0.1, -0.05) is 36.4 Å². The Morgan fingerprint density at radius 1 is 1.00 bits per heavy atom. The van der Waals surface area contributed by atoms with E-state index in [-0.39, 0.29) is 18.2 Å². The van der Waals surface area contributed by atoms with Crippen LogP contribution in [0.25, 0.3) is 0 Å². The number of carbonyl (C=O) groups is 2. The van der Waals surface area contributed by atoms with Crippen LogP contribution in [0.3, 0.4) is 0 Å². The zero-order valence-electron chi connectivity index (χ0n) is 16.2. The van der Waals surface area contributed by atoms with Gasteiger partial charge in [0.15, 0.2) is 11.6 Å². The highest BCUT2D eigenvalue weighted by atomic mass is 16.1. The Morgan fingerprint density at radius 3 is 2.03 bits per heavy atom. The molecule has 9 nitrogen and oxygen atoms in total. The van der Waals surface area contributed by atoms with E-state index in [1.54, 1.807) is 31.3 Å². The number of amides is 1. The van der Waals surface area contributed by atoms with Crippen LogP contribution < -0.4 is 33.3 Å². The monoisotopic (exact) mass is 395 g/mol. The molecule has 8 N–H and O–H groups in total. The summed E-state index contributed by atoms with van der Waals surface area (Å²) in [4.78, 5) is 23.8. The maximum atomic E-state index is 11.9. The molecule has 1 unspecified atom stereocenters. The zero-order chi connectivity index (χ0) is 20.9. The van der Waals surface area contributed by atoms with Gasteiger partial charge in [-0.05, 0) is 36.2 Å². The van der Waals surface area contributed by atoms with E-state index < -0.39 is 5.41 Å². The summed E-state index contributed by atoms with van der Waals surface area (Å²) in [7, 11) is 1.59. The molecule has 1 amide bonds. The maximum Gasteiger partial charge on any atom is 0.251 e. The van der Waals surface area contributed by atoms with E-state index in [2.05, 4.69) is 26.9 Å². The van der Waals surface area contributed by atoms with Gasteiger partial charge >= 0.3 is 0 Å². The van der Waals surface area contributed by atoms with Crippen molar-refractivity contribution in [1.29, 1.82) is 0 Å². The summed E-state index contributed by atoms with van der Waals surface area (Å²) in [6.45, 7) is 0.345. The highest BCUT2D eigenvalue weighted by Crippen LogP contribution is 2.37. The van der Waals surface area contributed by atoms with Crippen LogP contribution in [0.15, 0.2) is 53.6 Å². The van der Waals surface area contributed by atoms with Crippen molar-refractivity contribution in [3.8, 4) is 0 Å². The van der Waals surface area contributed by atoms with Gasteiger partial charge in [0.1, 0.15) is 0 Å². The second kappa shape index (κ2) is 8.82. The number of benzene rings is 2. The number of ketones is 1. The van der Waals surface area contributed by atoms with Crippen molar-refractivity contribution in [3.63, 3.8) is 0 Å². The number of nitrogens with two attached hydrogens (primary N) is 2. The Kier molecular flexibility index (Phi) is 6.23. The summed E-state index contributed by atoms with van der Waals surface area (Å²) in [5.74, 6) is 0.342. The molecule has 152 valence electrons. The second-order valence-electron chi connectivity index (χ2n) is 6.63. The molecule has 0 saturated carbocycles. The summed E-state index contributed by atoms with van der Waals surface area (Å²) in [6, 6.07) is 14.6. The molecule has 3 rings (SSSR count). The standard InChI is InChI=1S/C20H25N7O2/c1-23-18(29)14-4-8-16(9-5-14)20(10-11-21,19-24-26-27-25-19)15-6-2-13(3-7-15)17(28)12-22/h2-9,26-27H,10-12,21-22H2,1H3,(H,23,29)(H,24,25). The molecule has 0 radical (unpaired) electrons. The first-order chi connectivity index (χ1) is 14.1. The van der Waals surface area contributed by atoms with Gasteiger partial charge in [-0.3, -0.25) is 15.0 Å². The minimum Gasteiger partial charge on any atom is -0.355 e. The second-order valence-corrected chi connectivity index (χ2v) is 6.63. The van der Waals surface area contributed by atoms with E-state index in [1.165, 1.54) is 0 Å². The number of rotatable bonds is 8. The molecule has 1 aliphatic rings. The molecule has 2 aromatic rings. The predicted octanol–water partition coefficient (Wildman–Crippen LogP) is -0.252. The molecule has 1 heterocycles. The Hall–Kier alpha value is -3.27. The fourth-order valence-electron chi connectivity index (χ4n) is 3.57. The predicted molar refractivity (Wildman–Crippen MR) is 111 cm³/mol. The molecular formula is C20H25N7O2. The minimum absolute atomic E-state index is 0.0453. The molecule has 0 aromatic heterocycles. The lowest BCUT2D eigenvalue weighted by Gasteiger charge is -2.34. The molecular weight excluding hydrogens is 370 g/mol. The van der Waals surface area contributed by atoms with Crippen molar-refractivity contribution in [2.45, 2.75) is 11.8 Å². The molecule has 0 bridgehead atoms. The topological polar surface area (TPSA) is 147 Å². The SMILES string of the molecule is CNC(=O)c1ccc(C(CCN)(C2=NNNN2)c2ccc(C(=O)CN)cc2)cc1. The van der Waals surface area contributed by atoms with Crippen molar-refractivity contribution < 1.29 is 9.59 Å². The van der Waals surface area contributed by atoms with Crippen LogP contribution in [0.4, 0.5) is 0 Å². The van der Waals surface area contributed by atoms with Gasteiger partial charge in [-0.15, -0.1) is 10.6 Å². The number of amidine groups is 1. The van der Waals surface area contributed by atoms with Crippen LogP contribution in [0.2, 0.25) is 0 Å². The average Bonchev–Trinajstić information content (AvgIpc) is 3.32. The van der Waals surface area contributed by atoms with Gasteiger partial charge in [0, 0.05) is 18.2 Å². The number of hydrazine groups is 2. The number of carbonyl (C=O) groups excluding carboxylic acids is 2. The Morgan fingerprint density at radius 2 is 1.59 bits per heavy atom. The van der Waals surface area contributed by atoms with Gasteiger partial charge in [-0.25, -0.2) is 5.53 Å². The number of Topliss-reactive ketones (excluding diaryl/α,β-unsaturated/α-hetero) is 1. The first-order valence-corrected chi connectivity index (χ1v) is 9.27. The summed E-state index contributed by atoms with van der Waals surface area (Å²) < 4.78 is 0. The first-order valence-electron chi connectivity index (χ1n) is 9.27. The van der Waals surface area contributed by atoms with Crippen molar-refractivity contribution >= 4 is 17.5 Å². The van der Waals surface area contributed by atoms with Crippen LogP contribution in [0.5, 0.6) is 0 Å². The lowest BCUT2D eigenvalue weighted by atomic mass is 9.70. The van der Waals surface area contributed by atoms with E-state index in [9.17, 15) is 9.59 Å². The first kappa shape index (κ1) is 20.5. The van der Waals surface area contributed by atoms with E-state index in [0.29, 0.717) is 29.9 Å². The Labute approximate surface area is 168 Å². The molecule has 2 aromatic carbocycles. The average molecular weight is 395 g/mol. The van der Waals surface area contributed by atoms with E-state index in [0.717, 1.165) is 11.1 Å². The summed E-state index contributed by atoms with van der Waals surface area (Å²) in [5, 5.41) is 6.97. The smallest absolute Gasteiger partial charge is 0.251 e.